The number of anilines is 2. The van der Waals surface area contributed by atoms with E-state index in [1.54, 1.807) is 24.3 Å². The summed E-state index contributed by atoms with van der Waals surface area (Å²) in [5.41, 5.74) is 1.71. The minimum Gasteiger partial charge on any atom is -0.492 e. The number of hydrogen-bond donors (Lipinski definition) is 3. The average Bonchev–Trinajstić information content (AvgIpc) is 3.51. The Balaban J connectivity index is 1.48. The summed E-state index contributed by atoms with van der Waals surface area (Å²) in [6.07, 6.45) is 5.21. The number of benzene rings is 2. The highest BCUT2D eigenvalue weighted by molar-refractivity contribution is 6.05. The molecule has 2 amide bonds. The van der Waals surface area contributed by atoms with Crippen LogP contribution in [0.5, 0.6) is 11.5 Å². The van der Waals surface area contributed by atoms with E-state index < -0.39 is 6.04 Å². The average molecular weight is 494 g/mol. The molecule has 0 aromatic heterocycles. The van der Waals surface area contributed by atoms with Gasteiger partial charge in [-0.3, -0.25) is 9.59 Å². The fraction of sp³-hybridized carbons (Fsp3) is 0.517. The van der Waals surface area contributed by atoms with Crippen LogP contribution in [-0.2, 0) is 4.79 Å². The van der Waals surface area contributed by atoms with Crippen LogP contribution in [0.3, 0.4) is 0 Å². The van der Waals surface area contributed by atoms with Gasteiger partial charge >= 0.3 is 0 Å². The molecule has 4 rings (SSSR count). The van der Waals surface area contributed by atoms with Gasteiger partial charge in [0.25, 0.3) is 5.91 Å². The summed E-state index contributed by atoms with van der Waals surface area (Å²) in [6.45, 7) is 8.65. The van der Waals surface area contributed by atoms with Gasteiger partial charge in [0.05, 0.1) is 24.6 Å². The lowest BCUT2D eigenvalue weighted by Gasteiger charge is -2.29. The highest BCUT2D eigenvalue weighted by Gasteiger charge is 2.42. The van der Waals surface area contributed by atoms with Crippen molar-refractivity contribution in [3.05, 3.63) is 48.0 Å². The molecule has 2 aliphatic rings. The van der Waals surface area contributed by atoms with Crippen LogP contribution in [0, 0.1) is 17.8 Å². The summed E-state index contributed by atoms with van der Waals surface area (Å²) in [6, 6.07) is 12.3. The summed E-state index contributed by atoms with van der Waals surface area (Å²) in [5.74, 6) is 2.97. The molecule has 2 bridgehead atoms. The van der Waals surface area contributed by atoms with Crippen molar-refractivity contribution in [2.24, 2.45) is 17.8 Å². The van der Waals surface area contributed by atoms with Crippen molar-refractivity contribution >= 4 is 23.2 Å². The van der Waals surface area contributed by atoms with E-state index in [0.29, 0.717) is 47.6 Å². The number of amides is 2. The van der Waals surface area contributed by atoms with E-state index in [-0.39, 0.29) is 17.9 Å². The largest absolute Gasteiger partial charge is 0.492 e. The predicted molar refractivity (Wildman–Crippen MR) is 143 cm³/mol. The number of nitrogens with one attached hydrogen (secondary N) is 3. The number of ether oxygens (including phenoxy) is 2. The monoisotopic (exact) mass is 493 g/mol. The van der Waals surface area contributed by atoms with Gasteiger partial charge in [-0.05, 0) is 76.8 Å². The standard InChI is InChI=1S/C29H39N3O4/c1-5-35-26-17-25(32-29(34)21-10-8-7-9-11-21)27(36-6-2)16-24(26)30-19(4)28(33)31-18(3)23-15-20-12-13-22(23)14-20/h7-11,16-20,22-23,30H,5-6,12-15H2,1-4H3,(H,31,33)(H,32,34). The van der Waals surface area contributed by atoms with Gasteiger partial charge in [0.15, 0.2) is 0 Å². The van der Waals surface area contributed by atoms with Crippen molar-refractivity contribution in [2.75, 3.05) is 23.8 Å². The highest BCUT2D eigenvalue weighted by Crippen LogP contribution is 2.49. The van der Waals surface area contributed by atoms with Gasteiger partial charge < -0.3 is 25.4 Å². The van der Waals surface area contributed by atoms with E-state index in [1.165, 1.54) is 25.7 Å². The first-order chi connectivity index (χ1) is 17.4. The molecule has 0 aliphatic heterocycles. The molecule has 5 unspecified atom stereocenters. The van der Waals surface area contributed by atoms with E-state index in [2.05, 4.69) is 22.9 Å². The molecule has 7 nitrogen and oxygen atoms in total. The molecule has 2 aromatic carbocycles. The Morgan fingerprint density at radius 1 is 0.944 bits per heavy atom. The lowest BCUT2D eigenvalue weighted by Crippen LogP contribution is -2.46. The third kappa shape index (κ3) is 5.94. The van der Waals surface area contributed by atoms with Crippen LogP contribution in [0.25, 0.3) is 0 Å². The lowest BCUT2D eigenvalue weighted by atomic mass is 9.84. The molecule has 2 fully saturated rings. The first-order valence-electron chi connectivity index (χ1n) is 13.3. The normalized spacial score (nSPS) is 21.9. The van der Waals surface area contributed by atoms with Gasteiger partial charge in [0.1, 0.15) is 17.5 Å². The Kier molecular flexibility index (Phi) is 8.39. The van der Waals surface area contributed by atoms with Crippen LogP contribution in [0.1, 0.15) is 63.7 Å². The zero-order valence-corrected chi connectivity index (χ0v) is 21.8. The van der Waals surface area contributed by atoms with Gasteiger partial charge in [-0.25, -0.2) is 0 Å². The molecule has 2 aromatic rings. The zero-order valence-electron chi connectivity index (χ0n) is 21.8. The van der Waals surface area contributed by atoms with Crippen LogP contribution in [0.15, 0.2) is 42.5 Å². The number of carbonyl (C=O) groups is 2. The summed E-state index contributed by atoms with van der Waals surface area (Å²) in [5, 5.41) is 9.48. The van der Waals surface area contributed by atoms with Crippen LogP contribution >= 0.6 is 0 Å². The second-order valence-corrected chi connectivity index (χ2v) is 10.0. The lowest BCUT2D eigenvalue weighted by molar-refractivity contribution is -0.122. The predicted octanol–water partition coefficient (Wildman–Crippen LogP) is 5.48. The van der Waals surface area contributed by atoms with Gasteiger partial charge in [0.2, 0.25) is 5.91 Å². The molecule has 0 spiro atoms. The number of fused-ring (bicyclic) bond motifs is 2. The molecule has 0 heterocycles. The minimum absolute atomic E-state index is 0.0351. The Bertz CT molecular complexity index is 1060. The third-order valence-electron chi connectivity index (χ3n) is 7.54. The number of carbonyl (C=O) groups excluding carboxylic acids is 2. The Morgan fingerprint density at radius 3 is 2.22 bits per heavy atom. The molecule has 194 valence electrons. The molecule has 2 saturated carbocycles. The Hall–Kier alpha value is -3.22. The van der Waals surface area contributed by atoms with Crippen molar-refractivity contribution in [1.29, 1.82) is 0 Å². The van der Waals surface area contributed by atoms with E-state index in [9.17, 15) is 9.59 Å². The van der Waals surface area contributed by atoms with E-state index in [1.807, 2.05) is 39.0 Å². The summed E-state index contributed by atoms with van der Waals surface area (Å²) in [4.78, 5) is 25.8. The highest BCUT2D eigenvalue weighted by atomic mass is 16.5. The van der Waals surface area contributed by atoms with Crippen LogP contribution in [0.2, 0.25) is 0 Å². The van der Waals surface area contributed by atoms with Gasteiger partial charge in [-0.2, -0.15) is 0 Å². The minimum atomic E-state index is -0.468. The number of rotatable bonds is 11. The second kappa shape index (κ2) is 11.7. The molecule has 2 aliphatic carbocycles. The molecule has 7 heteroatoms. The van der Waals surface area contributed by atoms with Crippen LogP contribution < -0.4 is 25.4 Å². The third-order valence-corrected chi connectivity index (χ3v) is 7.54. The fourth-order valence-electron chi connectivity index (χ4n) is 5.77. The maximum absolute atomic E-state index is 13.1. The van der Waals surface area contributed by atoms with Crippen molar-refractivity contribution in [2.45, 2.75) is 65.5 Å². The summed E-state index contributed by atoms with van der Waals surface area (Å²) >= 11 is 0. The molecular formula is C29H39N3O4. The first-order valence-corrected chi connectivity index (χ1v) is 13.3. The van der Waals surface area contributed by atoms with Crippen molar-refractivity contribution < 1.29 is 19.1 Å². The molecule has 3 N–H and O–H groups in total. The topological polar surface area (TPSA) is 88.7 Å². The SMILES string of the molecule is CCOc1cc(NC(C)C(=O)NC(C)C2CC3CCC2C3)c(OCC)cc1NC(=O)c1ccccc1. The van der Waals surface area contributed by atoms with Crippen molar-refractivity contribution in [1.82, 2.24) is 5.32 Å². The van der Waals surface area contributed by atoms with E-state index in [4.69, 9.17) is 9.47 Å². The Morgan fingerprint density at radius 2 is 1.61 bits per heavy atom. The molecule has 36 heavy (non-hydrogen) atoms. The molecular weight excluding hydrogens is 454 g/mol. The maximum atomic E-state index is 13.1. The molecule has 0 saturated heterocycles. The van der Waals surface area contributed by atoms with Gasteiger partial charge in [-0.15, -0.1) is 0 Å². The quantitative estimate of drug-likeness (QED) is 0.386. The molecule has 5 atom stereocenters. The zero-order chi connectivity index (χ0) is 25.7. The fourth-order valence-corrected chi connectivity index (χ4v) is 5.77. The van der Waals surface area contributed by atoms with Gasteiger partial charge in [0, 0.05) is 23.7 Å². The van der Waals surface area contributed by atoms with E-state index >= 15 is 0 Å². The second-order valence-electron chi connectivity index (χ2n) is 10.0. The Labute approximate surface area is 214 Å². The molecule has 0 radical (unpaired) electrons. The van der Waals surface area contributed by atoms with Crippen LogP contribution in [0.4, 0.5) is 11.4 Å². The van der Waals surface area contributed by atoms with Gasteiger partial charge in [-0.1, -0.05) is 24.6 Å². The van der Waals surface area contributed by atoms with Crippen LogP contribution in [-0.4, -0.2) is 37.1 Å². The summed E-state index contributed by atoms with van der Waals surface area (Å²) < 4.78 is 11.7. The first kappa shape index (κ1) is 25.9. The summed E-state index contributed by atoms with van der Waals surface area (Å²) in [7, 11) is 0. The van der Waals surface area contributed by atoms with Crippen molar-refractivity contribution in [3.63, 3.8) is 0 Å². The van der Waals surface area contributed by atoms with E-state index in [0.717, 1.165) is 11.8 Å². The van der Waals surface area contributed by atoms with Crippen molar-refractivity contribution in [3.8, 4) is 11.5 Å². The maximum Gasteiger partial charge on any atom is 0.255 e. The smallest absolute Gasteiger partial charge is 0.255 e. The number of hydrogen-bond acceptors (Lipinski definition) is 5.